The van der Waals surface area contributed by atoms with Gasteiger partial charge in [0.05, 0.1) is 19.3 Å². The van der Waals surface area contributed by atoms with Crippen molar-refractivity contribution >= 4 is 153 Å². The molecule has 46 heteroatoms. The van der Waals surface area contributed by atoms with E-state index in [1.807, 2.05) is 6.92 Å². The van der Waals surface area contributed by atoms with Gasteiger partial charge < -0.3 is 108 Å². The van der Waals surface area contributed by atoms with Gasteiger partial charge in [0.15, 0.2) is 23.1 Å². The van der Waals surface area contributed by atoms with Crippen molar-refractivity contribution in [1.29, 1.82) is 21.6 Å². The Morgan fingerprint density at radius 3 is 1.01 bits per heavy atom. The molecule has 0 aliphatic rings. The Labute approximate surface area is 741 Å². The van der Waals surface area contributed by atoms with E-state index in [0.29, 0.717) is 49.2 Å². The third kappa shape index (κ3) is 34.9. The summed E-state index contributed by atoms with van der Waals surface area (Å²) in [5, 5.41) is 110. The van der Waals surface area contributed by atoms with Crippen molar-refractivity contribution in [1.82, 2.24) is 21.3 Å². The van der Waals surface area contributed by atoms with Crippen molar-refractivity contribution in [3.05, 3.63) is 208 Å². The average molecular weight is 1850 g/mol. The largest absolute Gasteiger partial charge is 0.481 e. The summed E-state index contributed by atoms with van der Waals surface area (Å²) in [6.07, 6.45) is -1.21. The minimum atomic E-state index is -1.55. The van der Waals surface area contributed by atoms with Gasteiger partial charge in [-0.15, -0.1) is 34.0 Å². The summed E-state index contributed by atoms with van der Waals surface area (Å²) in [6, 6.07) is 25.4. The number of nitrogens with two attached hydrogens (primary N) is 4. The maximum Gasteiger partial charge on any atom is 0.379 e. The molecule has 8 aromatic rings. The second kappa shape index (κ2) is 49.9. The van der Waals surface area contributed by atoms with E-state index in [0.717, 1.165) is 46.1 Å². The Balaban J connectivity index is 0.000000305. The number of aliphatic carboxylic acids is 8. The predicted molar refractivity (Wildman–Crippen MR) is 454 cm³/mol. The fourth-order valence-electron chi connectivity index (χ4n) is 10.9. The van der Waals surface area contributed by atoms with Crippen LogP contribution in [-0.2, 0) is 83.2 Å². The van der Waals surface area contributed by atoms with E-state index in [4.69, 9.17) is 109 Å². The maximum absolute atomic E-state index is 14.1. The number of amides is 4. The summed E-state index contributed by atoms with van der Waals surface area (Å²) in [7, 11) is 0. The van der Waals surface area contributed by atoms with Crippen LogP contribution >= 0.6 is 34.0 Å². The van der Waals surface area contributed by atoms with E-state index in [1.165, 1.54) is 91.9 Å². The number of halogens is 2. The first-order valence-electron chi connectivity index (χ1n) is 38.0. The number of nitrogen functional groups attached to an aromatic ring is 4. The van der Waals surface area contributed by atoms with Gasteiger partial charge in [-0.05, 0) is 166 Å². The maximum atomic E-state index is 14.1. The number of carboxylic acids is 8. The highest BCUT2D eigenvalue weighted by molar-refractivity contribution is 7.14. The Morgan fingerprint density at radius 1 is 0.380 bits per heavy atom. The van der Waals surface area contributed by atoms with E-state index < -0.39 is 180 Å². The van der Waals surface area contributed by atoms with Gasteiger partial charge in [-0.1, -0.05) is 34.1 Å². The number of amidine groups is 4. The minimum Gasteiger partial charge on any atom is -0.481 e. The third-order valence-corrected chi connectivity index (χ3v) is 20.9. The Bertz CT molecular complexity index is 5520. The van der Waals surface area contributed by atoms with Crippen LogP contribution in [0.4, 0.5) is 8.78 Å². The molecule has 0 aliphatic heterocycles. The standard InChI is InChI=1S/C22H25N3O8.C21H22FN3O7S.C20H20FN3O7S.C20H21N3O7S/c1-2-3-13(20(28)25-16(21(29)30)11-18(26)27)10-15-8-9-17(32-15)22(31)33-14-6-4-12(5-7-14)19(23)24;1-10(19(28)25-14(20(29)30)4-7-17(26)27)8-12-3-6-16(33-12)21(31)32-15-5-2-11(18(23)24)9-13(15)22;1-9(18(27)24-13(19(28)29)8-16(25)26)6-11-3-5-15(32-11)20(30)31-14-4-2-10(17(22)23)7-12(14)21;1-10(18(26)23-14(19(27)28)9-16(24)25)8-13-6-7-15(31-13)20(29)30-12-4-2-11(3-5-12)17(21)22/h4-9,13,16H,2-3,10-11H2,1H3,(H3,23,24)(H,25,28)(H,26,27)(H,29,30);2-3,5-6,9-10,14H,4,7-8H2,1H3,(H3,23,24)(H,25,28)(H,26,27)(H,29,30);2-5,7,9,13H,6,8H2,1H3,(H3,22,23)(H,24,27)(H,25,26)(H,28,29);2-7,10,14H,8-9H2,1H3,(H3,21,22)(H,23,26)(H,24,25)(H,27,28)/t13?,16-;10?,14-;9?,13-;10?,14-/m1000/s1. The number of carbonyl (C=O) groups is 16. The van der Waals surface area contributed by atoms with Crippen LogP contribution in [0.1, 0.15) is 155 Å². The SMILES string of the molecule is CC(Cc1ccc(C(=O)Oc2ccc(C(=N)N)cc2)s1)C(=O)N[C@@H](CC(=O)O)C(=O)O.CC(Cc1ccc(C(=O)Oc2ccc(C(=N)N)cc2F)s1)C(=O)N[C@@H](CC(=O)O)C(=O)O.CC(Cc1ccc(C(=O)Oc2ccc(C(=N)N)cc2F)s1)C(=O)N[C@@H](CCC(=O)O)C(=O)O.CCCC(Cc1ccc(C(=O)Oc2ccc(C(=N)N)cc2)o1)C(=O)N[C@H](CC(=O)O)C(=O)O. The summed E-state index contributed by atoms with van der Waals surface area (Å²) < 4.78 is 54.2. The molecule has 4 heterocycles. The lowest BCUT2D eigenvalue weighted by Crippen LogP contribution is -2.45. The van der Waals surface area contributed by atoms with Crippen molar-refractivity contribution in [3.63, 3.8) is 0 Å². The molecular weight excluding hydrogens is 1760 g/mol. The molecule has 4 amide bonds. The number of carboxylic acid groups (broad SMARTS) is 8. The van der Waals surface area contributed by atoms with Gasteiger partial charge in [0.1, 0.15) is 79.4 Å². The molecule has 0 bridgehead atoms. The van der Waals surface area contributed by atoms with Crippen molar-refractivity contribution in [2.24, 2.45) is 46.6 Å². The topological polar surface area (TPSA) is 733 Å². The first-order chi connectivity index (χ1) is 60.6. The van der Waals surface area contributed by atoms with E-state index in [2.05, 4.69) is 21.3 Å². The van der Waals surface area contributed by atoms with Gasteiger partial charge in [-0.2, -0.15) is 0 Å². The van der Waals surface area contributed by atoms with Crippen LogP contribution in [0.3, 0.4) is 0 Å². The molecule has 4 aromatic heterocycles. The molecule has 0 saturated carbocycles. The number of carbonyl (C=O) groups excluding carboxylic acids is 8. The van der Waals surface area contributed by atoms with E-state index in [1.54, 1.807) is 50.2 Å². The van der Waals surface area contributed by atoms with E-state index >= 15 is 0 Å². The summed E-state index contributed by atoms with van der Waals surface area (Å²) in [6.45, 7) is 6.51. The molecule has 8 atom stereocenters. The van der Waals surface area contributed by atoms with Gasteiger partial charge in [0, 0.05) is 73.4 Å². The van der Waals surface area contributed by atoms with Crippen LogP contribution in [0.5, 0.6) is 23.0 Å². The number of hydrogen-bond donors (Lipinski definition) is 20. The predicted octanol–water partition coefficient (Wildman–Crippen LogP) is 6.88. The van der Waals surface area contributed by atoms with Gasteiger partial charge >= 0.3 is 71.6 Å². The highest BCUT2D eigenvalue weighted by Gasteiger charge is 2.32. The Morgan fingerprint density at radius 2 is 0.698 bits per heavy atom. The lowest BCUT2D eigenvalue weighted by atomic mass is 9.97. The zero-order valence-electron chi connectivity index (χ0n) is 68.5. The van der Waals surface area contributed by atoms with Crippen molar-refractivity contribution < 1.29 is 150 Å². The normalized spacial score (nSPS) is 12.4. The first-order valence-corrected chi connectivity index (χ1v) is 40.5. The number of esters is 4. The second-order valence-electron chi connectivity index (χ2n) is 27.9. The zero-order chi connectivity index (χ0) is 96.4. The molecule has 0 fully saturated rings. The molecule has 4 unspecified atom stereocenters. The third-order valence-electron chi connectivity index (χ3n) is 17.7. The lowest BCUT2D eigenvalue weighted by molar-refractivity contribution is -0.147. The molecule has 41 nitrogen and oxygen atoms in total. The monoisotopic (exact) mass is 1850 g/mol. The minimum absolute atomic E-state index is 0.0830. The quantitative estimate of drug-likeness (QED) is 0.00801. The van der Waals surface area contributed by atoms with Crippen LogP contribution < -0.4 is 63.1 Å². The van der Waals surface area contributed by atoms with Crippen LogP contribution in [-0.4, -0.2) is 184 Å². The van der Waals surface area contributed by atoms with Crippen LogP contribution in [0.2, 0.25) is 0 Å². The zero-order valence-corrected chi connectivity index (χ0v) is 71.0. The number of furan rings is 1. The summed E-state index contributed by atoms with van der Waals surface area (Å²) >= 11 is 3.18. The van der Waals surface area contributed by atoms with Crippen LogP contribution in [0.25, 0.3) is 0 Å². The smallest absolute Gasteiger partial charge is 0.379 e. The second-order valence-corrected chi connectivity index (χ2v) is 31.4. The van der Waals surface area contributed by atoms with Gasteiger partial charge in [0.2, 0.25) is 29.4 Å². The summed E-state index contributed by atoms with van der Waals surface area (Å²) in [5.74, 6) is -21.5. The molecular formula is C83H88F2N12O29S3. The Hall–Kier alpha value is -15.5. The number of ether oxygens (including phenoxy) is 4. The van der Waals surface area contributed by atoms with Crippen LogP contribution in [0.15, 0.2) is 138 Å². The molecule has 0 spiro atoms. The number of hydrogen-bond acceptors (Lipinski definition) is 28. The van der Waals surface area contributed by atoms with Crippen molar-refractivity contribution in [2.75, 3.05) is 0 Å². The van der Waals surface area contributed by atoms with Crippen LogP contribution in [0, 0.1) is 56.9 Å². The lowest BCUT2D eigenvalue weighted by Gasteiger charge is -2.18. The molecule has 8 rings (SSSR count). The molecule has 686 valence electrons. The van der Waals surface area contributed by atoms with E-state index in [9.17, 15) is 85.5 Å². The van der Waals surface area contributed by atoms with Crippen molar-refractivity contribution in [3.8, 4) is 23.0 Å². The summed E-state index contributed by atoms with van der Waals surface area (Å²) in [5.41, 5.74) is 22.6. The summed E-state index contributed by atoms with van der Waals surface area (Å²) in [4.78, 5) is 189. The van der Waals surface area contributed by atoms with E-state index in [-0.39, 0.29) is 105 Å². The number of nitrogens with one attached hydrogen (secondary N) is 8. The fourth-order valence-corrected chi connectivity index (χ4v) is 13.9. The van der Waals surface area contributed by atoms with Gasteiger partial charge in [-0.25, -0.2) is 47.1 Å². The number of benzene rings is 4. The fraction of sp³-hybridized carbons (Fsp3) is 0.277. The first kappa shape index (κ1) is 104. The molecule has 0 aliphatic carbocycles. The molecule has 0 radical (unpaired) electrons. The molecule has 24 N–H and O–H groups in total. The van der Waals surface area contributed by atoms with Gasteiger partial charge in [0.25, 0.3) is 0 Å². The number of rotatable bonds is 43. The average Bonchev–Trinajstić information content (AvgIpc) is 1.83. The van der Waals surface area contributed by atoms with Crippen molar-refractivity contribution in [2.45, 2.75) is 122 Å². The number of thiophene rings is 3. The molecule has 0 saturated heterocycles. The highest BCUT2D eigenvalue weighted by atomic mass is 32.1. The van der Waals surface area contributed by atoms with Gasteiger partial charge in [-0.3, -0.25) is 60.0 Å². The molecule has 4 aromatic carbocycles. The Kier molecular flexibility index (Phi) is 40.2. The highest BCUT2D eigenvalue weighted by Crippen LogP contribution is 2.29. The molecule has 129 heavy (non-hydrogen) atoms.